The predicted molar refractivity (Wildman–Crippen MR) is 56.4 cm³/mol. The normalized spacial score (nSPS) is 23.2. The lowest BCUT2D eigenvalue weighted by molar-refractivity contribution is 0.0766. The third-order valence-electron chi connectivity index (χ3n) is 2.97. The van der Waals surface area contributed by atoms with E-state index in [2.05, 4.69) is 9.88 Å². The molecule has 1 atom stereocenters. The topological polar surface area (TPSA) is 49.5 Å². The molecule has 15 heavy (non-hydrogen) atoms. The SMILES string of the molecule is Cc1cnc(CN2CCCCC2CO)o1. The summed E-state index contributed by atoms with van der Waals surface area (Å²) in [7, 11) is 0. The molecule has 4 nitrogen and oxygen atoms in total. The van der Waals surface area contributed by atoms with Crippen LogP contribution in [-0.2, 0) is 6.54 Å². The highest BCUT2D eigenvalue weighted by Gasteiger charge is 2.22. The van der Waals surface area contributed by atoms with Crippen molar-refractivity contribution >= 4 is 0 Å². The third kappa shape index (κ3) is 2.58. The molecule has 1 aliphatic heterocycles. The first kappa shape index (κ1) is 10.6. The van der Waals surface area contributed by atoms with E-state index in [1.807, 2.05) is 6.92 Å². The summed E-state index contributed by atoms with van der Waals surface area (Å²) in [5.41, 5.74) is 0. The standard InChI is InChI=1S/C11H18N2O2/c1-9-6-12-11(15-9)7-13-5-3-2-4-10(13)8-14/h6,10,14H,2-5,7-8H2,1H3. The maximum atomic E-state index is 9.25. The monoisotopic (exact) mass is 210 g/mol. The average Bonchev–Trinajstić information content (AvgIpc) is 2.65. The highest BCUT2D eigenvalue weighted by atomic mass is 16.4. The summed E-state index contributed by atoms with van der Waals surface area (Å²) in [4.78, 5) is 6.45. The molecule has 0 aromatic carbocycles. The molecule has 0 amide bonds. The number of oxazole rings is 1. The van der Waals surface area contributed by atoms with Gasteiger partial charge >= 0.3 is 0 Å². The van der Waals surface area contributed by atoms with Gasteiger partial charge in [0.15, 0.2) is 0 Å². The summed E-state index contributed by atoms with van der Waals surface area (Å²) in [5, 5.41) is 9.25. The second-order valence-electron chi connectivity index (χ2n) is 4.17. The van der Waals surface area contributed by atoms with Gasteiger partial charge in [0.2, 0.25) is 5.89 Å². The minimum Gasteiger partial charge on any atom is -0.445 e. The molecular formula is C11H18N2O2. The molecule has 0 aliphatic carbocycles. The Hall–Kier alpha value is -0.870. The van der Waals surface area contributed by atoms with Crippen LogP contribution in [0.25, 0.3) is 0 Å². The lowest BCUT2D eigenvalue weighted by Gasteiger charge is -2.33. The van der Waals surface area contributed by atoms with E-state index < -0.39 is 0 Å². The largest absolute Gasteiger partial charge is 0.445 e. The van der Waals surface area contributed by atoms with Crippen molar-refractivity contribution in [3.05, 3.63) is 17.8 Å². The summed E-state index contributed by atoms with van der Waals surface area (Å²) >= 11 is 0. The van der Waals surface area contributed by atoms with E-state index in [1.54, 1.807) is 6.20 Å². The van der Waals surface area contributed by atoms with Crippen molar-refractivity contribution in [3.63, 3.8) is 0 Å². The Morgan fingerprint density at radius 1 is 1.60 bits per heavy atom. The summed E-state index contributed by atoms with van der Waals surface area (Å²) < 4.78 is 5.44. The molecule has 1 aliphatic rings. The smallest absolute Gasteiger partial charge is 0.208 e. The van der Waals surface area contributed by atoms with Crippen molar-refractivity contribution in [2.75, 3.05) is 13.2 Å². The van der Waals surface area contributed by atoms with E-state index in [1.165, 1.54) is 12.8 Å². The van der Waals surface area contributed by atoms with Gasteiger partial charge in [-0.1, -0.05) is 6.42 Å². The van der Waals surface area contributed by atoms with E-state index in [0.717, 1.165) is 31.2 Å². The lowest BCUT2D eigenvalue weighted by atomic mass is 10.0. The Kier molecular flexibility index (Phi) is 3.38. The second-order valence-corrected chi connectivity index (χ2v) is 4.17. The lowest BCUT2D eigenvalue weighted by Crippen LogP contribution is -2.41. The second kappa shape index (κ2) is 4.77. The fraction of sp³-hybridized carbons (Fsp3) is 0.727. The van der Waals surface area contributed by atoms with Crippen LogP contribution < -0.4 is 0 Å². The Morgan fingerprint density at radius 2 is 2.47 bits per heavy atom. The van der Waals surface area contributed by atoms with Gasteiger partial charge in [0.25, 0.3) is 0 Å². The first-order valence-electron chi connectivity index (χ1n) is 5.56. The predicted octanol–water partition coefficient (Wildman–Crippen LogP) is 1.33. The molecule has 4 heteroatoms. The van der Waals surface area contributed by atoms with Crippen molar-refractivity contribution in [2.24, 2.45) is 0 Å². The number of hydrogen-bond acceptors (Lipinski definition) is 4. The number of aliphatic hydroxyl groups excluding tert-OH is 1. The quantitative estimate of drug-likeness (QED) is 0.817. The highest BCUT2D eigenvalue weighted by molar-refractivity contribution is 4.91. The summed E-state index contributed by atoms with van der Waals surface area (Å²) in [5.74, 6) is 1.61. The van der Waals surface area contributed by atoms with Gasteiger partial charge in [-0.3, -0.25) is 4.90 Å². The number of aliphatic hydroxyl groups is 1. The molecule has 1 unspecified atom stereocenters. The molecule has 0 bridgehead atoms. The van der Waals surface area contributed by atoms with E-state index in [0.29, 0.717) is 0 Å². The maximum Gasteiger partial charge on any atom is 0.208 e. The van der Waals surface area contributed by atoms with Gasteiger partial charge in [0.1, 0.15) is 5.76 Å². The minimum atomic E-state index is 0.236. The van der Waals surface area contributed by atoms with Crippen LogP contribution in [0.5, 0.6) is 0 Å². The maximum absolute atomic E-state index is 9.25. The van der Waals surface area contributed by atoms with Gasteiger partial charge < -0.3 is 9.52 Å². The fourth-order valence-electron chi connectivity index (χ4n) is 2.12. The molecule has 1 saturated heterocycles. The first-order valence-corrected chi connectivity index (χ1v) is 5.56. The zero-order chi connectivity index (χ0) is 10.7. The molecular weight excluding hydrogens is 192 g/mol. The van der Waals surface area contributed by atoms with Crippen molar-refractivity contribution in [2.45, 2.75) is 38.8 Å². The van der Waals surface area contributed by atoms with Crippen LogP contribution in [0.2, 0.25) is 0 Å². The van der Waals surface area contributed by atoms with Crippen LogP contribution in [0.15, 0.2) is 10.6 Å². The minimum absolute atomic E-state index is 0.236. The van der Waals surface area contributed by atoms with Gasteiger partial charge in [0, 0.05) is 6.04 Å². The van der Waals surface area contributed by atoms with Crippen LogP contribution in [-0.4, -0.2) is 34.2 Å². The number of likely N-dealkylation sites (tertiary alicyclic amines) is 1. The van der Waals surface area contributed by atoms with Gasteiger partial charge in [-0.15, -0.1) is 0 Å². The van der Waals surface area contributed by atoms with Crippen molar-refractivity contribution in [1.29, 1.82) is 0 Å². The first-order chi connectivity index (χ1) is 7.29. The van der Waals surface area contributed by atoms with Crippen molar-refractivity contribution in [3.8, 4) is 0 Å². The molecule has 84 valence electrons. The number of piperidine rings is 1. The van der Waals surface area contributed by atoms with E-state index in [-0.39, 0.29) is 12.6 Å². The molecule has 2 heterocycles. The highest BCUT2D eigenvalue weighted by Crippen LogP contribution is 2.19. The zero-order valence-electron chi connectivity index (χ0n) is 9.15. The summed E-state index contributed by atoms with van der Waals surface area (Å²) in [6, 6.07) is 0.283. The number of nitrogens with zero attached hydrogens (tertiary/aromatic N) is 2. The molecule has 0 spiro atoms. The summed E-state index contributed by atoms with van der Waals surface area (Å²) in [6.45, 7) is 3.89. The molecule has 1 N–H and O–H groups in total. The van der Waals surface area contributed by atoms with E-state index in [4.69, 9.17) is 4.42 Å². The van der Waals surface area contributed by atoms with Gasteiger partial charge in [-0.2, -0.15) is 0 Å². The van der Waals surface area contributed by atoms with Crippen molar-refractivity contribution < 1.29 is 9.52 Å². The molecule has 2 rings (SSSR count). The Morgan fingerprint density at radius 3 is 3.13 bits per heavy atom. The van der Waals surface area contributed by atoms with Gasteiger partial charge in [0.05, 0.1) is 19.3 Å². The Labute approximate surface area is 89.9 Å². The third-order valence-corrected chi connectivity index (χ3v) is 2.97. The summed E-state index contributed by atoms with van der Waals surface area (Å²) in [6.07, 6.45) is 5.24. The van der Waals surface area contributed by atoms with Crippen molar-refractivity contribution in [1.82, 2.24) is 9.88 Å². The van der Waals surface area contributed by atoms with Crippen LogP contribution >= 0.6 is 0 Å². The number of aryl methyl sites for hydroxylation is 1. The molecule has 1 fully saturated rings. The average molecular weight is 210 g/mol. The number of rotatable bonds is 3. The van der Waals surface area contributed by atoms with Gasteiger partial charge in [-0.05, 0) is 26.3 Å². The van der Waals surface area contributed by atoms with Gasteiger partial charge in [-0.25, -0.2) is 4.98 Å². The fourth-order valence-corrected chi connectivity index (χ4v) is 2.12. The van der Waals surface area contributed by atoms with E-state index >= 15 is 0 Å². The number of aromatic nitrogens is 1. The van der Waals surface area contributed by atoms with E-state index in [9.17, 15) is 5.11 Å². The molecule has 0 radical (unpaired) electrons. The van der Waals surface area contributed by atoms with Crippen LogP contribution in [0, 0.1) is 6.92 Å². The number of hydrogen-bond donors (Lipinski definition) is 1. The Balaban J connectivity index is 1.97. The zero-order valence-corrected chi connectivity index (χ0v) is 9.15. The van der Waals surface area contributed by atoms with Crippen LogP contribution in [0.3, 0.4) is 0 Å². The molecule has 1 aromatic heterocycles. The Bertz CT molecular complexity index is 311. The van der Waals surface area contributed by atoms with Crippen LogP contribution in [0.1, 0.15) is 30.9 Å². The molecule has 1 aromatic rings. The molecule has 0 saturated carbocycles. The van der Waals surface area contributed by atoms with Crippen LogP contribution in [0.4, 0.5) is 0 Å².